The summed E-state index contributed by atoms with van der Waals surface area (Å²) in [6.07, 6.45) is 0.665. The number of benzene rings is 1. The second kappa shape index (κ2) is 8.55. The summed E-state index contributed by atoms with van der Waals surface area (Å²) in [5.74, 6) is 0.735. The third-order valence-corrected chi connectivity index (χ3v) is 4.76. The van der Waals surface area contributed by atoms with E-state index >= 15 is 0 Å². The van der Waals surface area contributed by atoms with Crippen LogP contribution >= 0.6 is 12.2 Å². The van der Waals surface area contributed by atoms with Gasteiger partial charge in [-0.1, -0.05) is 0 Å². The lowest BCUT2D eigenvalue weighted by molar-refractivity contribution is -0.0281. The predicted molar refractivity (Wildman–Crippen MR) is 108 cm³/mol. The summed E-state index contributed by atoms with van der Waals surface area (Å²) < 4.78 is 12.2. The van der Waals surface area contributed by atoms with Crippen molar-refractivity contribution in [1.29, 1.82) is 0 Å². The van der Waals surface area contributed by atoms with Crippen LogP contribution in [0.15, 0.2) is 40.1 Å². The van der Waals surface area contributed by atoms with Gasteiger partial charge in [-0.2, -0.15) is 0 Å². The van der Waals surface area contributed by atoms with Crippen molar-refractivity contribution < 1.29 is 14.6 Å². The van der Waals surface area contributed by atoms with E-state index in [-0.39, 0.29) is 12.6 Å². The van der Waals surface area contributed by atoms with Gasteiger partial charge in [0.1, 0.15) is 18.1 Å². The molecule has 0 bridgehead atoms. The van der Waals surface area contributed by atoms with Crippen molar-refractivity contribution in [3.63, 3.8) is 0 Å². The molecular weight excluding hydrogens is 384 g/mol. The lowest BCUT2D eigenvalue weighted by atomic mass is 10.1. The fraction of sp³-hybridized carbons (Fsp3) is 0.389. The molecule has 4 N–H and O–H groups in total. The zero-order valence-electron chi connectivity index (χ0n) is 15.5. The van der Waals surface area contributed by atoms with Crippen LogP contribution < -0.4 is 26.6 Å². The van der Waals surface area contributed by atoms with E-state index in [1.54, 1.807) is 26.2 Å². The van der Waals surface area contributed by atoms with E-state index in [0.29, 0.717) is 17.1 Å². The number of H-pyrrole nitrogens is 1. The van der Waals surface area contributed by atoms with E-state index in [0.717, 1.165) is 11.4 Å². The molecule has 0 radical (unpaired) electrons. The van der Waals surface area contributed by atoms with E-state index in [9.17, 15) is 14.7 Å². The van der Waals surface area contributed by atoms with E-state index in [1.807, 2.05) is 12.1 Å². The molecule has 3 atom stereocenters. The topological polar surface area (TPSA) is 118 Å². The normalized spacial score (nSPS) is 21.3. The van der Waals surface area contributed by atoms with Gasteiger partial charge in [-0.3, -0.25) is 14.3 Å². The Balaban J connectivity index is 1.68. The number of aliphatic hydroxyl groups excluding tert-OH is 1. The zero-order chi connectivity index (χ0) is 20.3. The maximum atomic E-state index is 12.1. The third kappa shape index (κ3) is 4.41. The quantitative estimate of drug-likeness (QED) is 0.530. The summed E-state index contributed by atoms with van der Waals surface area (Å²) in [6, 6.07) is 6.95. The number of methoxy groups -OCH3 is 1. The Hall–Kier alpha value is -2.69. The van der Waals surface area contributed by atoms with Crippen molar-refractivity contribution in [3.8, 4) is 5.75 Å². The molecular formula is C18H22N4O5S. The number of nitrogens with one attached hydrogen (secondary N) is 3. The van der Waals surface area contributed by atoms with Gasteiger partial charge in [0.15, 0.2) is 5.11 Å². The Labute approximate surface area is 166 Å². The first-order valence-electron chi connectivity index (χ1n) is 8.71. The van der Waals surface area contributed by atoms with Gasteiger partial charge < -0.3 is 25.2 Å². The summed E-state index contributed by atoms with van der Waals surface area (Å²) in [5, 5.41) is 16.2. The number of nitrogens with zero attached hydrogens (tertiary/aromatic N) is 1. The average molecular weight is 406 g/mol. The Morgan fingerprint density at radius 2 is 2.11 bits per heavy atom. The van der Waals surface area contributed by atoms with Gasteiger partial charge in [-0.25, -0.2) is 4.79 Å². The number of rotatable bonds is 5. The molecule has 1 aromatic heterocycles. The molecule has 150 valence electrons. The molecule has 0 amide bonds. The van der Waals surface area contributed by atoms with Crippen LogP contribution in [-0.4, -0.2) is 45.6 Å². The lowest BCUT2D eigenvalue weighted by Gasteiger charge is -2.19. The number of thiocarbonyl (C=S) groups is 1. The molecule has 1 aliphatic rings. The first kappa shape index (κ1) is 20.1. The minimum atomic E-state index is -0.624. The number of aromatic nitrogens is 2. The maximum Gasteiger partial charge on any atom is 0.330 e. The summed E-state index contributed by atoms with van der Waals surface area (Å²) >= 11 is 5.35. The van der Waals surface area contributed by atoms with Crippen LogP contribution in [0.2, 0.25) is 0 Å². The highest BCUT2D eigenvalue weighted by Crippen LogP contribution is 2.27. The van der Waals surface area contributed by atoms with Crippen molar-refractivity contribution in [2.75, 3.05) is 19.0 Å². The van der Waals surface area contributed by atoms with Crippen molar-refractivity contribution in [1.82, 2.24) is 14.9 Å². The van der Waals surface area contributed by atoms with Gasteiger partial charge >= 0.3 is 5.69 Å². The molecule has 0 saturated carbocycles. The van der Waals surface area contributed by atoms with Gasteiger partial charge in [0, 0.05) is 23.9 Å². The SMILES string of the molecule is COc1ccc(NC(=S)N[C@H]2C[C@H](n3cc(C)c(=O)[nH]c3=O)O[C@@H]2CO)cc1. The average Bonchev–Trinajstić information content (AvgIpc) is 3.07. The van der Waals surface area contributed by atoms with Crippen LogP contribution in [0.4, 0.5) is 5.69 Å². The molecule has 2 heterocycles. The molecule has 0 aliphatic carbocycles. The molecule has 1 saturated heterocycles. The molecule has 1 aromatic carbocycles. The number of aromatic amines is 1. The third-order valence-electron chi connectivity index (χ3n) is 4.54. The van der Waals surface area contributed by atoms with Crippen LogP contribution in [0.1, 0.15) is 18.2 Å². The summed E-state index contributed by atoms with van der Waals surface area (Å²) in [7, 11) is 1.59. The minimum Gasteiger partial charge on any atom is -0.497 e. The smallest absolute Gasteiger partial charge is 0.330 e. The minimum absolute atomic E-state index is 0.240. The Kier molecular flexibility index (Phi) is 6.12. The number of ether oxygens (including phenoxy) is 2. The fourth-order valence-electron chi connectivity index (χ4n) is 3.03. The van der Waals surface area contributed by atoms with E-state index in [4.69, 9.17) is 21.7 Å². The highest BCUT2D eigenvalue weighted by molar-refractivity contribution is 7.80. The highest BCUT2D eigenvalue weighted by Gasteiger charge is 2.36. The van der Waals surface area contributed by atoms with Crippen LogP contribution in [0.3, 0.4) is 0 Å². The number of aryl methyl sites for hydroxylation is 1. The van der Waals surface area contributed by atoms with Crippen LogP contribution in [0.5, 0.6) is 5.75 Å². The monoisotopic (exact) mass is 406 g/mol. The van der Waals surface area contributed by atoms with E-state index in [1.165, 1.54) is 10.8 Å². The first-order chi connectivity index (χ1) is 13.4. The molecule has 28 heavy (non-hydrogen) atoms. The summed E-state index contributed by atoms with van der Waals surface area (Å²) in [4.78, 5) is 25.9. The molecule has 1 aliphatic heterocycles. The van der Waals surface area contributed by atoms with Crippen LogP contribution in [-0.2, 0) is 4.74 Å². The Morgan fingerprint density at radius 1 is 1.39 bits per heavy atom. The maximum absolute atomic E-state index is 12.1. The highest BCUT2D eigenvalue weighted by atomic mass is 32.1. The largest absolute Gasteiger partial charge is 0.497 e. The zero-order valence-corrected chi connectivity index (χ0v) is 16.3. The number of aliphatic hydroxyl groups is 1. The van der Waals surface area contributed by atoms with Crippen molar-refractivity contribution in [2.45, 2.75) is 31.7 Å². The molecule has 0 spiro atoms. The van der Waals surface area contributed by atoms with Crippen molar-refractivity contribution >= 4 is 23.0 Å². The fourth-order valence-corrected chi connectivity index (χ4v) is 3.30. The first-order valence-corrected chi connectivity index (χ1v) is 9.12. The second-order valence-corrected chi connectivity index (χ2v) is 6.87. The van der Waals surface area contributed by atoms with Crippen molar-refractivity contribution in [2.24, 2.45) is 0 Å². The lowest BCUT2D eigenvalue weighted by Crippen LogP contribution is -2.43. The number of anilines is 1. The summed E-state index contributed by atoms with van der Waals surface area (Å²) in [5.41, 5.74) is 0.188. The molecule has 1 fully saturated rings. The van der Waals surface area contributed by atoms with Crippen molar-refractivity contribution in [3.05, 3.63) is 56.9 Å². The standard InChI is InChI=1S/C18H22N4O5S/c1-10-8-22(18(25)21-16(10)24)15-7-13(14(9-23)27-15)20-17(28)19-11-3-5-12(26-2)6-4-11/h3-6,8,13-15,23H,7,9H2,1-2H3,(H2,19,20,28)(H,21,24,25)/t13-,14+,15+/m0/s1. The van der Waals surface area contributed by atoms with E-state index in [2.05, 4.69) is 15.6 Å². The van der Waals surface area contributed by atoms with Gasteiger partial charge in [0.25, 0.3) is 5.56 Å². The molecule has 0 unspecified atom stereocenters. The summed E-state index contributed by atoms with van der Waals surface area (Å²) in [6.45, 7) is 1.37. The van der Waals surface area contributed by atoms with Gasteiger partial charge in [0.05, 0.1) is 19.8 Å². The second-order valence-electron chi connectivity index (χ2n) is 6.46. The van der Waals surface area contributed by atoms with Gasteiger partial charge in [-0.15, -0.1) is 0 Å². The van der Waals surface area contributed by atoms with Crippen LogP contribution in [0, 0.1) is 6.92 Å². The Morgan fingerprint density at radius 3 is 2.75 bits per heavy atom. The molecule has 10 heteroatoms. The molecule has 9 nitrogen and oxygen atoms in total. The number of hydrogen-bond acceptors (Lipinski definition) is 6. The molecule has 3 rings (SSSR count). The van der Waals surface area contributed by atoms with Gasteiger partial charge in [0.2, 0.25) is 0 Å². The predicted octanol–water partition coefficient (Wildman–Crippen LogP) is 0.489. The molecule has 2 aromatic rings. The van der Waals surface area contributed by atoms with E-state index < -0.39 is 23.6 Å². The number of hydrogen-bond donors (Lipinski definition) is 4. The Bertz CT molecular complexity index is 956. The van der Waals surface area contributed by atoms with Crippen LogP contribution in [0.25, 0.3) is 0 Å². The van der Waals surface area contributed by atoms with Gasteiger partial charge in [-0.05, 0) is 43.4 Å².